The average molecular weight is 427 g/mol. The summed E-state index contributed by atoms with van der Waals surface area (Å²) < 4.78 is 22.8. The van der Waals surface area contributed by atoms with E-state index < -0.39 is 5.63 Å². The lowest BCUT2D eigenvalue weighted by Crippen LogP contribution is -2.10. The molecule has 0 fully saturated rings. The number of hydrogen-bond donors (Lipinski definition) is 0. The molecular formula is C26H34O5. The Bertz CT molecular complexity index is 991. The smallest absolute Gasteiger partial charge is 0.383 e. The zero-order valence-electron chi connectivity index (χ0n) is 19.3. The first-order valence-corrected chi connectivity index (χ1v) is 10.8. The maximum absolute atomic E-state index is 12.5. The topological polar surface area (TPSA) is 57.9 Å². The molecule has 1 aromatic carbocycles. The van der Waals surface area contributed by atoms with Crippen molar-refractivity contribution < 1.29 is 18.6 Å². The van der Waals surface area contributed by atoms with Crippen LogP contribution in [0.5, 0.6) is 17.2 Å². The van der Waals surface area contributed by atoms with Gasteiger partial charge in [-0.15, -0.1) is 0 Å². The molecule has 0 aliphatic carbocycles. The third-order valence-corrected chi connectivity index (χ3v) is 4.71. The number of fused-ring (bicyclic) bond motifs is 1. The van der Waals surface area contributed by atoms with Crippen molar-refractivity contribution in [2.75, 3.05) is 20.3 Å². The molecule has 1 heterocycles. The maximum atomic E-state index is 12.5. The molecule has 0 saturated carbocycles. The fourth-order valence-electron chi connectivity index (χ4n) is 3.09. The lowest BCUT2D eigenvalue weighted by molar-refractivity contribution is 0.304. The average Bonchev–Trinajstić information content (AvgIpc) is 2.73. The third kappa shape index (κ3) is 7.35. The summed E-state index contributed by atoms with van der Waals surface area (Å²) >= 11 is 0. The van der Waals surface area contributed by atoms with Crippen molar-refractivity contribution >= 4 is 11.0 Å². The van der Waals surface area contributed by atoms with E-state index in [1.165, 1.54) is 18.3 Å². The summed E-state index contributed by atoms with van der Waals surface area (Å²) in [7, 11) is 1.52. The van der Waals surface area contributed by atoms with Crippen LogP contribution in [0, 0.1) is 0 Å². The molecule has 0 aliphatic rings. The van der Waals surface area contributed by atoms with E-state index in [2.05, 4.69) is 45.9 Å². The van der Waals surface area contributed by atoms with Crippen LogP contribution in [-0.4, -0.2) is 20.3 Å². The van der Waals surface area contributed by atoms with Crippen molar-refractivity contribution in [3.05, 3.63) is 64.1 Å². The third-order valence-electron chi connectivity index (χ3n) is 4.71. The molecule has 1 aromatic heterocycles. The maximum Gasteiger partial charge on any atom is 0.383 e. The molecule has 2 rings (SSSR count). The summed E-state index contributed by atoms with van der Waals surface area (Å²) in [6, 6.07) is 5.35. The Morgan fingerprint density at radius 1 is 1.03 bits per heavy atom. The lowest BCUT2D eigenvalue weighted by atomic mass is 10.1. The van der Waals surface area contributed by atoms with Crippen LogP contribution in [-0.2, 0) is 0 Å². The minimum Gasteiger partial charge on any atom is -0.492 e. The van der Waals surface area contributed by atoms with Crippen LogP contribution in [0.1, 0.15) is 53.4 Å². The number of hydrogen-bond acceptors (Lipinski definition) is 5. The van der Waals surface area contributed by atoms with Gasteiger partial charge in [0.15, 0.2) is 5.75 Å². The zero-order valence-corrected chi connectivity index (χ0v) is 19.3. The van der Waals surface area contributed by atoms with E-state index in [-0.39, 0.29) is 12.4 Å². The van der Waals surface area contributed by atoms with Gasteiger partial charge in [0.2, 0.25) is 5.75 Å². The summed E-state index contributed by atoms with van der Waals surface area (Å²) in [6.07, 6.45) is 12.1. The highest BCUT2D eigenvalue weighted by Gasteiger charge is 2.20. The monoisotopic (exact) mass is 426 g/mol. The normalized spacial score (nSPS) is 11.7. The van der Waals surface area contributed by atoms with Gasteiger partial charge in [-0.3, -0.25) is 0 Å². The molecule has 0 atom stereocenters. The molecule has 0 aliphatic heterocycles. The predicted molar refractivity (Wildman–Crippen MR) is 126 cm³/mol. The molecule has 0 saturated heterocycles. The summed E-state index contributed by atoms with van der Waals surface area (Å²) in [5, 5.41) is 0.600. The second kappa shape index (κ2) is 12.7. The molecule has 0 unspecified atom stereocenters. The molecule has 0 radical (unpaired) electrons. The fraction of sp³-hybridized carbons (Fsp3) is 0.423. The van der Waals surface area contributed by atoms with Gasteiger partial charge in [-0.1, -0.05) is 42.4 Å². The van der Waals surface area contributed by atoms with Crippen molar-refractivity contribution in [1.29, 1.82) is 0 Å². The Morgan fingerprint density at radius 2 is 1.84 bits per heavy atom. The quantitative estimate of drug-likeness (QED) is 0.217. The van der Waals surface area contributed by atoms with Crippen molar-refractivity contribution in [3.63, 3.8) is 0 Å². The van der Waals surface area contributed by atoms with Gasteiger partial charge in [-0.05, 0) is 64.7 Å². The van der Waals surface area contributed by atoms with Crippen LogP contribution in [0.2, 0.25) is 0 Å². The van der Waals surface area contributed by atoms with Gasteiger partial charge < -0.3 is 18.6 Å². The summed E-state index contributed by atoms with van der Waals surface area (Å²) in [6.45, 7) is 9.11. The molecule has 0 amide bonds. The van der Waals surface area contributed by atoms with E-state index in [0.29, 0.717) is 29.1 Å². The highest BCUT2D eigenvalue weighted by atomic mass is 16.5. The second-order valence-electron chi connectivity index (χ2n) is 7.58. The van der Waals surface area contributed by atoms with E-state index in [1.54, 1.807) is 12.1 Å². The molecule has 0 spiro atoms. The number of allylic oxidation sites excluding steroid dienone is 4. The molecule has 2 aromatic rings. The van der Waals surface area contributed by atoms with Gasteiger partial charge in [0, 0.05) is 0 Å². The molecule has 168 valence electrons. The number of methoxy groups -OCH3 is 1. The first kappa shape index (κ1) is 24.3. The Balaban J connectivity index is 2.23. The molecule has 31 heavy (non-hydrogen) atoms. The minimum absolute atomic E-state index is 0.0604. The van der Waals surface area contributed by atoms with E-state index in [1.807, 2.05) is 12.1 Å². The van der Waals surface area contributed by atoms with Crippen LogP contribution >= 0.6 is 0 Å². The van der Waals surface area contributed by atoms with Crippen molar-refractivity contribution in [2.24, 2.45) is 0 Å². The van der Waals surface area contributed by atoms with E-state index >= 15 is 0 Å². The molecule has 0 N–H and O–H groups in total. The van der Waals surface area contributed by atoms with Crippen LogP contribution in [0.3, 0.4) is 0 Å². The standard InChI is InChI=1S/C26H34O5/c1-6-7-8-9-17-29-21-14-11-15-22-23(21)24(28-5)25(26(27)31-22)30-18-16-20(4)13-10-12-19(2)3/h7-8,11-12,14-16H,6,9-10,13,17-18H2,1-5H3. The van der Waals surface area contributed by atoms with Gasteiger partial charge in [-0.2, -0.15) is 0 Å². The number of rotatable bonds is 12. The highest BCUT2D eigenvalue weighted by Crippen LogP contribution is 2.38. The second-order valence-corrected chi connectivity index (χ2v) is 7.58. The van der Waals surface area contributed by atoms with Gasteiger partial charge in [0.25, 0.3) is 0 Å². The van der Waals surface area contributed by atoms with Crippen molar-refractivity contribution in [3.8, 4) is 17.2 Å². The number of benzene rings is 1. The van der Waals surface area contributed by atoms with E-state index in [0.717, 1.165) is 25.7 Å². The summed E-state index contributed by atoms with van der Waals surface area (Å²) in [5.74, 6) is 0.994. The van der Waals surface area contributed by atoms with Crippen LogP contribution in [0.15, 0.2) is 62.9 Å². The molecular weight excluding hydrogens is 392 g/mol. The van der Waals surface area contributed by atoms with E-state index in [4.69, 9.17) is 18.6 Å². The van der Waals surface area contributed by atoms with Gasteiger partial charge in [0.1, 0.15) is 23.3 Å². The largest absolute Gasteiger partial charge is 0.492 e. The SMILES string of the molecule is CCC=CCCOc1cccc2oc(=O)c(OCC=C(C)CCC=C(C)C)c(OC)c12. The first-order valence-electron chi connectivity index (χ1n) is 10.8. The summed E-state index contributed by atoms with van der Waals surface area (Å²) in [5.41, 5.74) is 2.35. The zero-order chi connectivity index (χ0) is 22.6. The minimum atomic E-state index is -0.567. The lowest BCUT2D eigenvalue weighted by Gasteiger charge is -2.14. The van der Waals surface area contributed by atoms with Gasteiger partial charge >= 0.3 is 5.63 Å². The highest BCUT2D eigenvalue weighted by molar-refractivity contribution is 5.91. The van der Waals surface area contributed by atoms with Gasteiger partial charge in [0.05, 0.1) is 13.7 Å². The van der Waals surface area contributed by atoms with Crippen LogP contribution in [0.4, 0.5) is 0 Å². The Kier molecular flexibility index (Phi) is 9.95. The molecule has 5 heteroatoms. The van der Waals surface area contributed by atoms with Crippen LogP contribution < -0.4 is 19.8 Å². The predicted octanol–water partition coefficient (Wildman–Crippen LogP) is 6.61. The molecule has 0 bridgehead atoms. The molecule has 5 nitrogen and oxygen atoms in total. The van der Waals surface area contributed by atoms with Crippen molar-refractivity contribution in [2.45, 2.75) is 53.4 Å². The van der Waals surface area contributed by atoms with Crippen molar-refractivity contribution in [1.82, 2.24) is 0 Å². The Hall–Kier alpha value is -2.95. The van der Waals surface area contributed by atoms with Crippen LogP contribution in [0.25, 0.3) is 11.0 Å². The van der Waals surface area contributed by atoms with E-state index in [9.17, 15) is 4.79 Å². The Labute approximate surface area is 185 Å². The number of ether oxygens (including phenoxy) is 3. The van der Waals surface area contributed by atoms with Gasteiger partial charge in [-0.25, -0.2) is 4.79 Å². The summed E-state index contributed by atoms with van der Waals surface area (Å²) in [4.78, 5) is 12.5. The Morgan fingerprint density at radius 3 is 2.55 bits per heavy atom. The first-order chi connectivity index (χ1) is 15.0. The fourth-order valence-corrected chi connectivity index (χ4v) is 3.09.